The van der Waals surface area contributed by atoms with Gasteiger partial charge in [-0.15, -0.1) is 0 Å². The number of hydrogen-bond acceptors (Lipinski definition) is 4. The number of carbonyl (C=O) groups excluding carboxylic acids is 2. The first-order chi connectivity index (χ1) is 11.3. The number of anilines is 1. The maximum atomic E-state index is 12.4. The summed E-state index contributed by atoms with van der Waals surface area (Å²) in [6.45, 7) is 2.30. The van der Waals surface area contributed by atoms with Crippen LogP contribution in [0.25, 0.3) is 0 Å². The van der Waals surface area contributed by atoms with E-state index in [-0.39, 0.29) is 30.5 Å². The van der Waals surface area contributed by atoms with E-state index in [1.165, 1.54) is 4.31 Å². The van der Waals surface area contributed by atoms with Gasteiger partial charge in [0.2, 0.25) is 21.8 Å². The maximum Gasteiger partial charge on any atom is 0.228 e. The lowest BCUT2D eigenvalue weighted by Gasteiger charge is -2.30. The second-order valence-electron chi connectivity index (χ2n) is 5.93. The van der Waals surface area contributed by atoms with E-state index in [1.54, 1.807) is 31.2 Å². The van der Waals surface area contributed by atoms with Gasteiger partial charge in [-0.2, -0.15) is 0 Å². The molecule has 3 N–H and O–H groups in total. The van der Waals surface area contributed by atoms with Gasteiger partial charge in [0.05, 0.1) is 18.1 Å². The summed E-state index contributed by atoms with van der Waals surface area (Å²) in [5.41, 5.74) is 6.53. The molecule has 0 radical (unpaired) electrons. The number of carbonyl (C=O) groups is 2. The van der Waals surface area contributed by atoms with Crippen LogP contribution in [-0.2, 0) is 26.0 Å². The van der Waals surface area contributed by atoms with Gasteiger partial charge in [0.15, 0.2) is 0 Å². The van der Waals surface area contributed by atoms with Crippen LogP contribution < -0.4 is 11.1 Å². The highest BCUT2D eigenvalue weighted by molar-refractivity contribution is 7.89. The van der Waals surface area contributed by atoms with Gasteiger partial charge in [-0.25, -0.2) is 12.7 Å². The van der Waals surface area contributed by atoms with Gasteiger partial charge in [0.25, 0.3) is 0 Å². The molecule has 7 nitrogen and oxygen atoms in total. The lowest BCUT2D eigenvalue weighted by Crippen LogP contribution is -2.44. The Kier molecular flexibility index (Phi) is 5.95. The molecule has 0 aliphatic carbocycles. The van der Waals surface area contributed by atoms with Gasteiger partial charge in [0, 0.05) is 18.8 Å². The molecule has 1 aromatic rings. The number of nitrogens with one attached hydrogen (secondary N) is 1. The second kappa shape index (κ2) is 7.76. The average molecular weight is 353 g/mol. The van der Waals surface area contributed by atoms with Gasteiger partial charge in [0.1, 0.15) is 0 Å². The Morgan fingerprint density at radius 1 is 1.29 bits per heavy atom. The summed E-state index contributed by atoms with van der Waals surface area (Å²) in [5, 5.41) is 2.81. The minimum Gasteiger partial charge on any atom is -0.369 e. The molecule has 2 amide bonds. The Morgan fingerprint density at radius 3 is 2.54 bits per heavy atom. The lowest BCUT2D eigenvalue weighted by molar-refractivity contribution is -0.121. The highest BCUT2D eigenvalue weighted by Gasteiger charge is 2.31. The normalized spacial score (nSPS) is 19.0. The van der Waals surface area contributed by atoms with Crippen molar-refractivity contribution in [3.05, 3.63) is 29.8 Å². The molecule has 1 atom stereocenters. The largest absolute Gasteiger partial charge is 0.369 e. The van der Waals surface area contributed by atoms with Crippen LogP contribution in [0.3, 0.4) is 0 Å². The van der Waals surface area contributed by atoms with Crippen LogP contribution >= 0.6 is 0 Å². The van der Waals surface area contributed by atoms with E-state index in [1.807, 2.05) is 0 Å². The molecule has 0 aromatic heterocycles. The van der Waals surface area contributed by atoms with E-state index >= 15 is 0 Å². The molecule has 0 spiro atoms. The van der Waals surface area contributed by atoms with Crippen LogP contribution in [0.1, 0.15) is 25.3 Å². The Labute approximate surface area is 142 Å². The number of nitrogens with zero attached hydrogens (tertiary/aromatic N) is 1. The van der Waals surface area contributed by atoms with Crippen LogP contribution in [0.5, 0.6) is 0 Å². The number of primary amides is 1. The van der Waals surface area contributed by atoms with Gasteiger partial charge >= 0.3 is 0 Å². The summed E-state index contributed by atoms with van der Waals surface area (Å²) in [6, 6.07) is 6.88. The smallest absolute Gasteiger partial charge is 0.228 e. The summed E-state index contributed by atoms with van der Waals surface area (Å²) < 4.78 is 25.3. The highest BCUT2D eigenvalue weighted by atomic mass is 32.2. The van der Waals surface area contributed by atoms with E-state index in [4.69, 9.17) is 5.73 Å². The second-order valence-corrected chi connectivity index (χ2v) is 8.18. The minimum absolute atomic E-state index is 0.0443. The number of rotatable bonds is 6. The zero-order valence-electron chi connectivity index (χ0n) is 13.7. The molecule has 0 saturated carbocycles. The molecule has 1 heterocycles. The fourth-order valence-electron chi connectivity index (χ4n) is 2.74. The first-order valence-corrected chi connectivity index (χ1v) is 9.58. The van der Waals surface area contributed by atoms with Crippen molar-refractivity contribution in [3.8, 4) is 0 Å². The first kappa shape index (κ1) is 18.4. The lowest BCUT2D eigenvalue weighted by atomic mass is 9.98. The van der Waals surface area contributed by atoms with E-state index in [9.17, 15) is 18.0 Å². The van der Waals surface area contributed by atoms with Crippen LogP contribution in [0.15, 0.2) is 24.3 Å². The van der Waals surface area contributed by atoms with Crippen LogP contribution in [0, 0.1) is 5.92 Å². The number of hydrogen-bond donors (Lipinski definition) is 2. The van der Waals surface area contributed by atoms with E-state index < -0.39 is 15.9 Å². The van der Waals surface area contributed by atoms with Crippen molar-refractivity contribution in [1.82, 2.24) is 4.31 Å². The van der Waals surface area contributed by atoms with E-state index in [0.29, 0.717) is 25.1 Å². The third-order valence-electron chi connectivity index (χ3n) is 4.11. The average Bonchev–Trinajstić information content (AvgIpc) is 2.56. The fourth-order valence-corrected chi connectivity index (χ4v) is 3.92. The summed E-state index contributed by atoms with van der Waals surface area (Å²) in [7, 11) is -3.27. The van der Waals surface area contributed by atoms with Crippen molar-refractivity contribution in [2.75, 3.05) is 24.2 Å². The predicted molar refractivity (Wildman–Crippen MR) is 91.7 cm³/mol. The molecule has 0 bridgehead atoms. The summed E-state index contributed by atoms with van der Waals surface area (Å²) in [4.78, 5) is 23.3. The Balaban J connectivity index is 1.97. The van der Waals surface area contributed by atoms with Crippen molar-refractivity contribution in [2.45, 2.75) is 26.2 Å². The summed E-state index contributed by atoms with van der Waals surface area (Å²) >= 11 is 0. The SMILES string of the molecule is CCS(=O)(=O)N1CCCC(C(=O)Nc2ccc(CC(N)=O)cc2)C1. The standard InChI is InChI=1S/C16H23N3O4S/c1-2-24(22,23)19-9-3-4-13(11-19)16(21)18-14-7-5-12(6-8-14)10-15(17)20/h5-8,13H,2-4,9-11H2,1H3,(H2,17,20)(H,18,21). The fraction of sp³-hybridized carbons (Fsp3) is 0.500. The van der Waals surface area contributed by atoms with Crippen molar-refractivity contribution in [2.24, 2.45) is 11.7 Å². The quantitative estimate of drug-likeness (QED) is 0.785. The van der Waals surface area contributed by atoms with Crippen molar-refractivity contribution in [3.63, 3.8) is 0 Å². The number of piperidine rings is 1. The van der Waals surface area contributed by atoms with Gasteiger partial charge in [-0.3, -0.25) is 9.59 Å². The number of nitrogens with two attached hydrogens (primary N) is 1. The van der Waals surface area contributed by atoms with Gasteiger partial charge in [-0.1, -0.05) is 12.1 Å². The molecule has 2 rings (SSSR count). The molecule has 132 valence electrons. The Morgan fingerprint density at radius 2 is 1.96 bits per heavy atom. The number of benzene rings is 1. The molecule has 24 heavy (non-hydrogen) atoms. The highest BCUT2D eigenvalue weighted by Crippen LogP contribution is 2.21. The molecule has 1 aliphatic rings. The molecular formula is C16H23N3O4S. The van der Waals surface area contributed by atoms with Gasteiger partial charge < -0.3 is 11.1 Å². The van der Waals surface area contributed by atoms with Crippen LogP contribution in [0.2, 0.25) is 0 Å². The van der Waals surface area contributed by atoms with Crippen molar-refractivity contribution < 1.29 is 18.0 Å². The molecule has 1 unspecified atom stereocenters. The van der Waals surface area contributed by atoms with Crippen molar-refractivity contribution >= 4 is 27.5 Å². The van der Waals surface area contributed by atoms with Crippen molar-refractivity contribution in [1.29, 1.82) is 0 Å². The molecule has 1 fully saturated rings. The Bertz CT molecular complexity index is 701. The van der Waals surface area contributed by atoms with Gasteiger partial charge in [-0.05, 0) is 37.5 Å². The third kappa shape index (κ3) is 4.78. The molecule has 1 aromatic carbocycles. The number of sulfonamides is 1. The van der Waals surface area contributed by atoms with Crippen LogP contribution in [0.4, 0.5) is 5.69 Å². The third-order valence-corrected chi connectivity index (χ3v) is 5.96. The zero-order chi connectivity index (χ0) is 17.7. The van der Waals surface area contributed by atoms with E-state index in [0.717, 1.165) is 5.56 Å². The molecule has 1 aliphatic heterocycles. The zero-order valence-corrected chi connectivity index (χ0v) is 14.5. The topological polar surface area (TPSA) is 110 Å². The Hall–Kier alpha value is -1.93. The van der Waals surface area contributed by atoms with Crippen LogP contribution in [-0.4, -0.2) is 43.4 Å². The summed E-state index contributed by atoms with van der Waals surface area (Å²) in [5.74, 6) is -0.909. The molecular weight excluding hydrogens is 330 g/mol. The first-order valence-electron chi connectivity index (χ1n) is 7.97. The molecule has 8 heteroatoms. The summed E-state index contributed by atoms with van der Waals surface area (Å²) in [6.07, 6.45) is 1.50. The minimum atomic E-state index is -3.27. The van der Waals surface area contributed by atoms with E-state index in [2.05, 4.69) is 5.32 Å². The maximum absolute atomic E-state index is 12.4. The number of amides is 2. The monoisotopic (exact) mass is 353 g/mol. The molecule has 1 saturated heterocycles. The predicted octanol–water partition coefficient (Wildman–Crippen LogP) is 0.715.